The lowest BCUT2D eigenvalue weighted by atomic mass is 10.1. The normalized spacial score (nSPS) is 10.5. The molecule has 0 heterocycles. The summed E-state index contributed by atoms with van der Waals surface area (Å²) in [5.41, 5.74) is 6.45. The number of rotatable bonds is 11. The van der Waals surface area contributed by atoms with Crippen LogP contribution in [0.25, 0.3) is 0 Å². The van der Waals surface area contributed by atoms with Crippen LogP contribution in [0.5, 0.6) is 23.0 Å². The Bertz CT molecular complexity index is 1140. The van der Waals surface area contributed by atoms with Gasteiger partial charge in [-0.2, -0.15) is 10.4 Å². The highest BCUT2D eigenvalue weighted by atomic mass is 16.5. The predicted octanol–water partition coefficient (Wildman–Crippen LogP) is 4.68. The van der Waals surface area contributed by atoms with Gasteiger partial charge >= 0.3 is 0 Å². The maximum absolute atomic E-state index is 9.05. The molecule has 0 amide bonds. The average Bonchev–Trinajstić information content (AvgIpc) is 2.86. The molecular formula is C26H27N3O4. The van der Waals surface area contributed by atoms with Crippen LogP contribution >= 0.6 is 0 Å². The Morgan fingerprint density at radius 1 is 0.879 bits per heavy atom. The van der Waals surface area contributed by atoms with Gasteiger partial charge in [0.1, 0.15) is 6.61 Å². The van der Waals surface area contributed by atoms with Crippen molar-refractivity contribution >= 4 is 6.21 Å². The third-order valence-electron chi connectivity index (χ3n) is 4.75. The van der Waals surface area contributed by atoms with E-state index in [1.54, 1.807) is 26.5 Å². The van der Waals surface area contributed by atoms with Crippen LogP contribution in [0.3, 0.4) is 0 Å². The first-order valence-corrected chi connectivity index (χ1v) is 10.5. The minimum atomic E-state index is 0.343. The van der Waals surface area contributed by atoms with E-state index in [4.69, 9.17) is 24.2 Å². The van der Waals surface area contributed by atoms with Gasteiger partial charge in [0.05, 0.1) is 45.2 Å². The fourth-order valence-corrected chi connectivity index (χ4v) is 3.13. The number of nitrogens with zero attached hydrogens (tertiary/aromatic N) is 2. The van der Waals surface area contributed by atoms with E-state index in [0.717, 1.165) is 16.7 Å². The highest BCUT2D eigenvalue weighted by Gasteiger charge is 2.07. The first-order valence-electron chi connectivity index (χ1n) is 10.5. The maximum Gasteiger partial charge on any atom is 0.161 e. The Hall–Kier alpha value is -4.18. The van der Waals surface area contributed by atoms with Crippen molar-refractivity contribution in [3.8, 4) is 29.1 Å². The molecule has 0 bridgehead atoms. The van der Waals surface area contributed by atoms with Crippen molar-refractivity contribution in [3.63, 3.8) is 0 Å². The predicted molar refractivity (Wildman–Crippen MR) is 127 cm³/mol. The molecular weight excluding hydrogens is 418 g/mol. The number of benzene rings is 3. The van der Waals surface area contributed by atoms with E-state index in [1.165, 1.54) is 0 Å². The second kappa shape index (κ2) is 12.0. The molecule has 0 saturated carbocycles. The largest absolute Gasteiger partial charge is 0.493 e. The van der Waals surface area contributed by atoms with Gasteiger partial charge in [0.15, 0.2) is 23.0 Å². The van der Waals surface area contributed by atoms with Gasteiger partial charge in [0.2, 0.25) is 0 Å². The lowest BCUT2D eigenvalue weighted by molar-refractivity contribution is 0.269. The summed E-state index contributed by atoms with van der Waals surface area (Å²) in [5.74, 6) is 2.64. The van der Waals surface area contributed by atoms with Gasteiger partial charge in [-0.25, -0.2) is 0 Å². The van der Waals surface area contributed by atoms with Crippen LogP contribution in [-0.2, 0) is 13.2 Å². The number of nitrogens with one attached hydrogen (secondary N) is 1. The second-order valence-electron chi connectivity index (χ2n) is 7.02. The summed E-state index contributed by atoms with van der Waals surface area (Å²) in [6.45, 7) is 3.32. The lowest BCUT2D eigenvalue weighted by Crippen LogP contribution is -2.06. The maximum atomic E-state index is 9.05. The molecule has 1 N–H and O–H groups in total. The minimum absolute atomic E-state index is 0.343. The molecule has 7 heteroatoms. The van der Waals surface area contributed by atoms with Gasteiger partial charge in [-0.05, 0) is 66.1 Å². The van der Waals surface area contributed by atoms with Crippen molar-refractivity contribution in [2.45, 2.75) is 20.1 Å². The molecule has 0 saturated heterocycles. The number of nitriles is 1. The van der Waals surface area contributed by atoms with Crippen molar-refractivity contribution in [2.24, 2.45) is 5.10 Å². The first-order chi connectivity index (χ1) is 16.2. The fraction of sp³-hybridized carbons (Fsp3) is 0.231. The molecule has 0 aliphatic heterocycles. The van der Waals surface area contributed by atoms with Crippen LogP contribution in [0.15, 0.2) is 65.8 Å². The van der Waals surface area contributed by atoms with Gasteiger partial charge in [-0.1, -0.05) is 18.2 Å². The van der Waals surface area contributed by atoms with E-state index in [0.29, 0.717) is 48.3 Å². The van der Waals surface area contributed by atoms with Gasteiger partial charge < -0.3 is 24.4 Å². The molecule has 0 atom stereocenters. The Kier molecular flexibility index (Phi) is 8.55. The molecule has 0 fully saturated rings. The van der Waals surface area contributed by atoms with Crippen molar-refractivity contribution in [3.05, 3.63) is 82.9 Å². The molecule has 0 radical (unpaired) electrons. The average molecular weight is 446 g/mol. The van der Waals surface area contributed by atoms with Crippen molar-refractivity contribution in [1.29, 1.82) is 5.26 Å². The Labute approximate surface area is 194 Å². The van der Waals surface area contributed by atoms with Crippen LogP contribution in [-0.4, -0.2) is 27.0 Å². The Balaban J connectivity index is 1.62. The van der Waals surface area contributed by atoms with Gasteiger partial charge in [0, 0.05) is 0 Å². The van der Waals surface area contributed by atoms with Crippen LogP contribution in [0.2, 0.25) is 0 Å². The molecule has 0 unspecified atom stereocenters. The van der Waals surface area contributed by atoms with E-state index in [1.807, 2.05) is 61.5 Å². The van der Waals surface area contributed by atoms with Crippen molar-refractivity contribution in [1.82, 2.24) is 5.43 Å². The number of ether oxygens (including phenoxy) is 4. The summed E-state index contributed by atoms with van der Waals surface area (Å²) >= 11 is 0. The number of methoxy groups -OCH3 is 2. The molecule has 7 nitrogen and oxygen atoms in total. The van der Waals surface area contributed by atoms with E-state index in [2.05, 4.69) is 16.6 Å². The number of hydrogen-bond donors (Lipinski definition) is 1. The fourth-order valence-electron chi connectivity index (χ4n) is 3.13. The summed E-state index contributed by atoms with van der Waals surface area (Å²) in [6, 6.07) is 20.9. The Morgan fingerprint density at radius 2 is 1.70 bits per heavy atom. The molecule has 0 aromatic heterocycles. The van der Waals surface area contributed by atoms with Crippen LogP contribution in [0.1, 0.15) is 29.2 Å². The zero-order valence-corrected chi connectivity index (χ0v) is 19.0. The third kappa shape index (κ3) is 6.65. The molecule has 3 aromatic carbocycles. The van der Waals surface area contributed by atoms with E-state index in [-0.39, 0.29) is 0 Å². The minimum Gasteiger partial charge on any atom is -0.493 e. The van der Waals surface area contributed by atoms with E-state index < -0.39 is 0 Å². The van der Waals surface area contributed by atoms with Gasteiger partial charge in [-0.3, -0.25) is 0 Å². The highest BCUT2D eigenvalue weighted by Crippen LogP contribution is 2.29. The molecule has 3 aromatic rings. The summed E-state index contributed by atoms with van der Waals surface area (Å²) < 4.78 is 22.3. The van der Waals surface area contributed by atoms with Crippen LogP contribution < -0.4 is 24.4 Å². The van der Waals surface area contributed by atoms with E-state index >= 15 is 0 Å². The molecule has 3 rings (SSSR count). The van der Waals surface area contributed by atoms with E-state index in [9.17, 15) is 0 Å². The zero-order valence-electron chi connectivity index (χ0n) is 19.0. The quantitative estimate of drug-likeness (QED) is 0.341. The summed E-state index contributed by atoms with van der Waals surface area (Å²) in [6.07, 6.45) is 1.73. The van der Waals surface area contributed by atoms with Crippen LogP contribution in [0, 0.1) is 11.3 Å². The number of hydrogen-bond acceptors (Lipinski definition) is 7. The summed E-state index contributed by atoms with van der Waals surface area (Å²) in [4.78, 5) is 0. The SMILES string of the molecule is CCOc1cc(/C=N/NCc2ccc(OC)c(OC)c2)ccc1OCc1cccc(C#N)c1. The molecule has 33 heavy (non-hydrogen) atoms. The van der Waals surface area contributed by atoms with Crippen molar-refractivity contribution in [2.75, 3.05) is 20.8 Å². The Morgan fingerprint density at radius 3 is 2.45 bits per heavy atom. The highest BCUT2D eigenvalue weighted by molar-refractivity contribution is 5.80. The molecule has 170 valence electrons. The molecule has 0 spiro atoms. The lowest BCUT2D eigenvalue weighted by Gasteiger charge is -2.13. The first kappa shape index (κ1) is 23.5. The smallest absolute Gasteiger partial charge is 0.161 e. The summed E-state index contributed by atoms with van der Waals surface area (Å²) in [7, 11) is 3.22. The van der Waals surface area contributed by atoms with Gasteiger partial charge in [-0.15, -0.1) is 0 Å². The monoisotopic (exact) mass is 445 g/mol. The topological polar surface area (TPSA) is 85.1 Å². The van der Waals surface area contributed by atoms with Crippen LogP contribution in [0.4, 0.5) is 0 Å². The number of hydrazone groups is 1. The third-order valence-corrected chi connectivity index (χ3v) is 4.75. The standard InChI is InChI=1S/C26H27N3O4/c1-4-32-26-14-21(9-11-24(26)33-18-22-7-5-6-19(12-22)15-27)17-29-28-16-20-8-10-23(30-2)25(13-20)31-3/h5-14,17,28H,4,16,18H2,1-3H3/b29-17+. The molecule has 0 aliphatic carbocycles. The summed E-state index contributed by atoms with van der Waals surface area (Å²) in [5, 5.41) is 13.4. The van der Waals surface area contributed by atoms with Gasteiger partial charge in [0.25, 0.3) is 0 Å². The zero-order chi connectivity index (χ0) is 23.5. The second-order valence-corrected chi connectivity index (χ2v) is 7.02. The van der Waals surface area contributed by atoms with Crippen molar-refractivity contribution < 1.29 is 18.9 Å². The molecule has 0 aliphatic rings.